The van der Waals surface area contributed by atoms with E-state index in [1.807, 2.05) is 19.0 Å². The number of aliphatic hydroxyl groups excluding tert-OH is 1. The number of carbonyl (C=O) groups excluding carboxylic acids is 1. The highest BCUT2D eigenvalue weighted by molar-refractivity contribution is 5.84. The summed E-state index contributed by atoms with van der Waals surface area (Å²) in [5.41, 5.74) is -0.248. The first kappa shape index (κ1) is 16.7. The molecule has 5 heteroatoms. The minimum Gasteiger partial charge on any atom is -0.391 e. The monoisotopic (exact) mass is 297 g/mol. The predicted molar refractivity (Wildman–Crippen MR) is 84.1 cm³/mol. The van der Waals surface area contributed by atoms with Gasteiger partial charge < -0.3 is 20.2 Å². The number of likely N-dealkylation sites (tertiary alicyclic amines) is 1. The van der Waals surface area contributed by atoms with Gasteiger partial charge in [-0.15, -0.1) is 0 Å². The number of nitrogens with one attached hydrogen (secondary N) is 1. The number of hydrogen-bond acceptors (Lipinski definition) is 4. The molecule has 0 saturated carbocycles. The Hall–Kier alpha value is -0.650. The molecule has 0 aromatic heterocycles. The summed E-state index contributed by atoms with van der Waals surface area (Å²) in [7, 11) is 4.05. The molecular weight excluding hydrogens is 266 g/mol. The lowest BCUT2D eigenvalue weighted by Gasteiger charge is -2.41. The van der Waals surface area contributed by atoms with Crippen molar-refractivity contribution in [3.63, 3.8) is 0 Å². The standard InChI is InChI=1S/C16H31N3O2/c1-4-6-16(7-5-8-17-12-16)15(21)19-11-14(20)9-13(19)10-18(2)3/h13-14,17,20H,4-12H2,1-3H3. The highest BCUT2D eigenvalue weighted by Crippen LogP contribution is 2.36. The Kier molecular flexibility index (Phi) is 5.63. The van der Waals surface area contributed by atoms with Gasteiger partial charge in [0.15, 0.2) is 0 Å². The molecule has 2 heterocycles. The van der Waals surface area contributed by atoms with Gasteiger partial charge >= 0.3 is 0 Å². The molecule has 0 aromatic rings. The van der Waals surface area contributed by atoms with Crippen molar-refractivity contribution in [1.82, 2.24) is 15.1 Å². The second kappa shape index (κ2) is 7.07. The summed E-state index contributed by atoms with van der Waals surface area (Å²) in [4.78, 5) is 17.3. The highest BCUT2D eigenvalue weighted by Gasteiger charge is 2.45. The largest absolute Gasteiger partial charge is 0.391 e. The normalized spacial score (nSPS) is 33.7. The first-order valence-electron chi connectivity index (χ1n) is 8.33. The van der Waals surface area contributed by atoms with E-state index in [4.69, 9.17) is 0 Å². The Morgan fingerprint density at radius 2 is 2.24 bits per heavy atom. The predicted octanol–water partition coefficient (Wildman–Crippen LogP) is 0.680. The molecule has 0 radical (unpaired) electrons. The number of hydrogen-bond donors (Lipinski definition) is 2. The van der Waals surface area contributed by atoms with Crippen LogP contribution < -0.4 is 5.32 Å². The summed E-state index contributed by atoms with van der Waals surface area (Å²) < 4.78 is 0. The lowest BCUT2D eigenvalue weighted by Crippen LogP contribution is -2.54. The molecule has 3 unspecified atom stereocenters. The summed E-state index contributed by atoms with van der Waals surface area (Å²) in [5.74, 6) is 0.264. The minimum atomic E-state index is -0.367. The van der Waals surface area contributed by atoms with Gasteiger partial charge in [0.1, 0.15) is 0 Å². The Balaban J connectivity index is 2.14. The zero-order chi connectivity index (χ0) is 15.5. The summed E-state index contributed by atoms with van der Waals surface area (Å²) >= 11 is 0. The Labute approximate surface area is 128 Å². The van der Waals surface area contributed by atoms with Crippen LogP contribution in [0, 0.1) is 5.41 Å². The van der Waals surface area contributed by atoms with Gasteiger partial charge in [-0.25, -0.2) is 0 Å². The number of amides is 1. The molecule has 2 N–H and O–H groups in total. The van der Waals surface area contributed by atoms with Gasteiger partial charge in [0, 0.05) is 25.7 Å². The van der Waals surface area contributed by atoms with Crippen molar-refractivity contribution in [3.05, 3.63) is 0 Å². The van der Waals surface area contributed by atoms with Crippen molar-refractivity contribution < 1.29 is 9.90 Å². The number of aliphatic hydroxyl groups is 1. The zero-order valence-electron chi connectivity index (χ0n) is 13.8. The van der Waals surface area contributed by atoms with Crippen molar-refractivity contribution in [2.45, 2.75) is 51.2 Å². The van der Waals surface area contributed by atoms with Gasteiger partial charge in [0.2, 0.25) is 5.91 Å². The molecule has 2 aliphatic rings. The Morgan fingerprint density at radius 3 is 2.81 bits per heavy atom. The van der Waals surface area contributed by atoms with Crippen LogP contribution in [0.1, 0.15) is 39.0 Å². The van der Waals surface area contributed by atoms with Crippen LogP contribution in [0.2, 0.25) is 0 Å². The molecule has 2 saturated heterocycles. The first-order valence-corrected chi connectivity index (χ1v) is 8.33. The Morgan fingerprint density at radius 1 is 1.48 bits per heavy atom. The molecule has 2 aliphatic heterocycles. The quantitative estimate of drug-likeness (QED) is 0.783. The molecule has 2 fully saturated rings. The SMILES string of the molecule is CCCC1(C(=O)N2CC(O)CC2CN(C)C)CCCNC1. The lowest BCUT2D eigenvalue weighted by molar-refractivity contribution is -0.145. The molecule has 0 spiro atoms. The van der Waals surface area contributed by atoms with Crippen molar-refractivity contribution in [2.24, 2.45) is 5.41 Å². The molecule has 0 aliphatic carbocycles. The molecule has 122 valence electrons. The van der Waals surface area contributed by atoms with Crippen molar-refractivity contribution >= 4 is 5.91 Å². The fourth-order valence-corrected chi connectivity index (χ4v) is 3.99. The Bertz CT molecular complexity index is 348. The van der Waals surface area contributed by atoms with Crippen LogP contribution >= 0.6 is 0 Å². The maximum Gasteiger partial charge on any atom is 0.230 e. The lowest BCUT2D eigenvalue weighted by atomic mass is 9.75. The van der Waals surface area contributed by atoms with Crippen molar-refractivity contribution in [2.75, 3.05) is 40.3 Å². The smallest absolute Gasteiger partial charge is 0.230 e. The van der Waals surface area contributed by atoms with E-state index in [1.54, 1.807) is 0 Å². The summed E-state index contributed by atoms with van der Waals surface area (Å²) in [6, 6.07) is 0.151. The van der Waals surface area contributed by atoms with Gasteiger partial charge in [-0.2, -0.15) is 0 Å². The van der Waals surface area contributed by atoms with E-state index < -0.39 is 0 Å². The second-order valence-electron chi connectivity index (χ2n) is 7.07. The highest BCUT2D eigenvalue weighted by atomic mass is 16.3. The van der Waals surface area contributed by atoms with Crippen LogP contribution in [-0.2, 0) is 4.79 Å². The molecular formula is C16H31N3O2. The number of β-amino-alcohol motifs (C(OH)–C–C–N with tert-alkyl or cyclic N) is 1. The van der Waals surface area contributed by atoms with E-state index in [0.29, 0.717) is 13.0 Å². The van der Waals surface area contributed by atoms with E-state index >= 15 is 0 Å². The maximum absolute atomic E-state index is 13.2. The third-order valence-electron chi connectivity index (χ3n) is 4.88. The summed E-state index contributed by atoms with van der Waals surface area (Å²) in [6.45, 7) is 5.30. The number of likely N-dealkylation sites (N-methyl/N-ethyl adjacent to an activating group) is 1. The van der Waals surface area contributed by atoms with Crippen LogP contribution in [-0.4, -0.2) is 73.2 Å². The van der Waals surface area contributed by atoms with Crippen molar-refractivity contribution in [1.29, 1.82) is 0 Å². The summed E-state index contributed by atoms with van der Waals surface area (Å²) in [6.07, 6.45) is 4.37. The zero-order valence-corrected chi connectivity index (χ0v) is 13.8. The fourth-order valence-electron chi connectivity index (χ4n) is 3.99. The molecule has 3 atom stereocenters. The molecule has 0 bridgehead atoms. The van der Waals surface area contributed by atoms with E-state index in [9.17, 15) is 9.90 Å². The fraction of sp³-hybridized carbons (Fsp3) is 0.938. The maximum atomic E-state index is 13.2. The van der Waals surface area contributed by atoms with Crippen LogP contribution in [0.5, 0.6) is 0 Å². The van der Waals surface area contributed by atoms with E-state index in [0.717, 1.165) is 45.3 Å². The molecule has 2 rings (SSSR count). The number of carbonyl (C=O) groups is 1. The third kappa shape index (κ3) is 3.76. The van der Waals surface area contributed by atoms with Gasteiger partial charge in [-0.1, -0.05) is 13.3 Å². The van der Waals surface area contributed by atoms with Crippen molar-refractivity contribution in [3.8, 4) is 0 Å². The van der Waals surface area contributed by atoms with Gasteiger partial charge in [0.05, 0.1) is 11.5 Å². The van der Waals surface area contributed by atoms with E-state index in [2.05, 4.69) is 17.1 Å². The van der Waals surface area contributed by atoms with Gasteiger partial charge in [0.25, 0.3) is 0 Å². The second-order valence-corrected chi connectivity index (χ2v) is 7.07. The first-order chi connectivity index (χ1) is 9.98. The van der Waals surface area contributed by atoms with Gasteiger partial charge in [-0.3, -0.25) is 4.79 Å². The van der Waals surface area contributed by atoms with Crippen LogP contribution in [0.3, 0.4) is 0 Å². The molecule has 0 aromatic carbocycles. The number of nitrogens with zero attached hydrogens (tertiary/aromatic N) is 2. The molecule has 21 heavy (non-hydrogen) atoms. The van der Waals surface area contributed by atoms with Crippen LogP contribution in [0.4, 0.5) is 0 Å². The molecule has 5 nitrogen and oxygen atoms in total. The van der Waals surface area contributed by atoms with Crippen LogP contribution in [0.25, 0.3) is 0 Å². The van der Waals surface area contributed by atoms with Gasteiger partial charge in [-0.05, 0) is 46.3 Å². The topological polar surface area (TPSA) is 55.8 Å². The summed E-state index contributed by atoms with van der Waals surface area (Å²) in [5, 5.41) is 13.4. The number of rotatable bonds is 5. The number of piperidine rings is 1. The molecule has 1 amide bonds. The third-order valence-corrected chi connectivity index (χ3v) is 4.88. The van der Waals surface area contributed by atoms with E-state index in [-0.39, 0.29) is 23.5 Å². The average Bonchev–Trinajstić information content (AvgIpc) is 2.79. The van der Waals surface area contributed by atoms with E-state index in [1.165, 1.54) is 0 Å². The average molecular weight is 297 g/mol. The minimum absolute atomic E-state index is 0.151. The van der Waals surface area contributed by atoms with Crippen LogP contribution in [0.15, 0.2) is 0 Å².